The number of nitrogens with zero attached hydrogens (tertiary/aromatic N) is 2. The average Bonchev–Trinajstić information content (AvgIpc) is 2.91. The summed E-state index contributed by atoms with van der Waals surface area (Å²) in [5.41, 5.74) is 2.24. The van der Waals surface area contributed by atoms with E-state index in [1.54, 1.807) is 18.6 Å². The number of Topliss-reactive ketones (excluding diaryl/α,β-unsaturated/α-hetero) is 1. The van der Waals surface area contributed by atoms with Crippen LogP contribution in [0.3, 0.4) is 0 Å². The third-order valence-corrected chi connectivity index (χ3v) is 7.97. The van der Waals surface area contributed by atoms with Crippen LogP contribution in [0.4, 0.5) is 11.5 Å². The van der Waals surface area contributed by atoms with Gasteiger partial charge in [-0.3, -0.25) is 9.78 Å². The smallest absolute Gasteiger partial charge is 0.329 e. The summed E-state index contributed by atoms with van der Waals surface area (Å²) in [7, 11) is 0. The second kappa shape index (κ2) is 10.6. The van der Waals surface area contributed by atoms with Crippen LogP contribution in [0.1, 0.15) is 51.5 Å². The molecule has 192 valence electrons. The van der Waals surface area contributed by atoms with E-state index in [2.05, 4.69) is 36.5 Å². The molecule has 37 heavy (non-hydrogen) atoms. The van der Waals surface area contributed by atoms with Gasteiger partial charge in [-0.1, -0.05) is 31.4 Å². The van der Waals surface area contributed by atoms with Gasteiger partial charge in [0.2, 0.25) is 0 Å². The van der Waals surface area contributed by atoms with Crippen molar-refractivity contribution in [1.29, 1.82) is 0 Å². The fraction of sp³-hybridized carbons (Fsp3) is 0.379. The predicted molar refractivity (Wildman–Crippen MR) is 148 cm³/mol. The first kappa shape index (κ1) is 25.4. The lowest BCUT2D eigenvalue weighted by Gasteiger charge is -2.46. The van der Waals surface area contributed by atoms with Crippen LogP contribution in [0.25, 0.3) is 10.8 Å². The summed E-state index contributed by atoms with van der Waals surface area (Å²) in [5, 5.41) is 8.80. The van der Waals surface area contributed by atoms with E-state index in [0.717, 1.165) is 65.6 Å². The summed E-state index contributed by atoms with van der Waals surface area (Å²) >= 11 is 3.47. The maximum Gasteiger partial charge on any atom is 0.329 e. The summed E-state index contributed by atoms with van der Waals surface area (Å²) in [5.74, 6) is 0.573. The molecule has 8 heteroatoms. The number of hydrogen-bond donors (Lipinski definition) is 2. The van der Waals surface area contributed by atoms with E-state index in [4.69, 9.17) is 4.74 Å². The lowest BCUT2D eigenvalue weighted by molar-refractivity contribution is -0.150. The van der Waals surface area contributed by atoms with Crippen molar-refractivity contribution in [2.45, 2.75) is 64.5 Å². The number of pyridine rings is 2. The highest BCUT2D eigenvalue weighted by Gasteiger charge is 2.53. The highest BCUT2D eigenvalue weighted by atomic mass is 79.9. The maximum absolute atomic E-state index is 13.1. The van der Waals surface area contributed by atoms with E-state index >= 15 is 0 Å². The molecule has 0 unspecified atom stereocenters. The van der Waals surface area contributed by atoms with Gasteiger partial charge >= 0.3 is 5.97 Å². The van der Waals surface area contributed by atoms with Crippen molar-refractivity contribution in [3.8, 4) is 0 Å². The number of rotatable bonds is 8. The Labute approximate surface area is 225 Å². The Kier molecular flexibility index (Phi) is 7.29. The topological polar surface area (TPSA) is 93.2 Å². The van der Waals surface area contributed by atoms with Crippen molar-refractivity contribution in [3.63, 3.8) is 0 Å². The minimum atomic E-state index is -0.596. The molecule has 0 amide bonds. The number of nitrogens with one attached hydrogen (secondary N) is 2. The van der Waals surface area contributed by atoms with Gasteiger partial charge < -0.3 is 15.4 Å². The highest BCUT2D eigenvalue weighted by Crippen LogP contribution is 2.53. The van der Waals surface area contributed by atoms with Gasteiger partial charge in [0.1, 0.15) is 11.9 Å². The van der Waals surface area contributed by atoms with Crippen LogP contribution in [0.2, 0.25) is 0 Å². The molecule has 0 radical (unpaired) electrons. The minimum absolute atomic E-state index is 0.151. The second-order valence-corrected chi connectivity index (χ2v) is 10.9. The summed E-state index contributed by atoms with van der Waals surface area (Å²) in [4.78, 5) is 34.6. The zero-order valence-corrected chi connectivity index (χ0v) is 22.7. The number of aromatic nitrogens is 2. The summed E-state index contributed by atoms with van der Waals surface area (Å²) < 4.78 is 6.15. The van der Waals surface area contributed by atoms with Crippen molar-refractivity contribution in [3.05, 3.63) is 70.7 Å². The lowest BCUT2D eigenvalue weighted by atomic mass is 9.62. The van der Waals surface area contributed by atoms with Crippen molar-refractivity contribution in [1.82, 2.24) is 15.3 Å². The predicted octanol–water partition coefficient (Wildman–Crippen LogP) is 5.97. The Morgan fingerprint density at radius 2 is 1.81 bits per heavy atom. The van der Waals surface area contributed by atoms with Gasteiger partial charge in [-0.15, -0.1) is 0 Å². The molecule has 0 bridgehead atoms. The number of fused-ring (bicyclic) bond motifs is 1. The summed E-state index contributed by atoms with van der Waals surface area (Å²) in [6.07, 6.45) is 10.4. The molecule has 7 nitrogen and oxygen atoms in total. The molecular formula is C29H31BrN4O3. The number of hydrogen-bond acceptors (Lipinski definition) is 7. The molecule has 2 aromatic heterocycles. The second-order valence-electron chi connectivity index (χ2n) is 10.1. The van der Waals surface area contributed by atoms with Crippen LogP contribution >= 0.6 is 15.9 Å². The van der Waals surface area contributed by atoms with Gasteiger partial charge in [0.25, 0.3) is 0 Å². The molecule has 2 heterocycles. The van der Waals surface area contributed by atoms with Crippen LogP contribution < -0.4 is 10.6 Å². The Bertz CT molecular complexity index is 1340. The minimum Gasteiger partial charge on any atom is -0.461 e. The molecule has 1 atom stereocenters. The first-order valence-corrected chi connectivity index (χ1v) is 13.6. The number of halogens is 1. The fourth-order valence-corrected chi connectivity index (χ4v) is 6.18. The van der Waals surface area contributed by atoms with E-state index in [9.17, 15) is 9.59 Å². The lowest BCUT2D eigenvalue weighted by Crippen LogP contribution is -2.53. The Morgan fingerprint density at radius 1 is 1.08 bits per heavy atom. The number of allylic oxidation sites excluding steroid dienone is 2. The number of esters is 1. The van der Waals surface area contributed by atoms with Gasteiger partial charge in [0.15, 0.2) is 5.78 Å². The SMILES string of the molecule is CC(C)OC(=O)[C@H](Cc1ccc(Nc2nccc3ccncc23)cc1)NC1=C(Br)C(=O)C12CCCCC2. The monoisotopic (exact) mass is 562 g/mol. The largest absolute Gasteiger partial charge is 0.461 e. The van der Waals surface area contributed by atoms with Gasteiger partial charge in [0, 0.05) is 41.8 Å². The first-order valence-electron chi connectivity index (χ1n) is 12.8. The quantitative estimate of drug-likeness (QED) is 0.327. The summed E-state index contributed by atoms with van der Waals surface area (Å²) in [6, 6.07) is 11.2. The van der Waals surface area contributed by atoms with Gasteiger partial charge in [-0.2, -0.15) is 0 Å². The zero-order valence-electron chi connectivity index (χ0n) is 21.1. The third kappa shape index (κ3) is 5.12. The molecule has 2 aliphatic rings. The third-order valence-electron chi connectivity index (χ3n) is 7.22. The van der Waals surface area contributed by atoms with Crippen LogP contribution in [0.5, 0.6) is 0 Å². The normalized spacial score (nSPS) is 17.6. The molecule has 2 N–H and O–H groups in total. The maximum atomic E-state index is 13.1. The molecule has 1 saturated carbocycles. The van der Waals surface area contributed by atoms with E-state index in [-0.39, 0.29) is 17.9 Å². The Morgan fingerprint density at radius 3 is 2.54 bits per heavy atom. The van der Waals surface area contributed by atoms with E-state index in [1.165, 1.54) is 0 Å². The molecule has 1 spiro atoms. The van der Waals surface area contributed by atoms with Crippen LogP contribution in [-0.2, 0) is 20.7 Å². The molecular weight excluding hydrogens is 532 g/mol. The Balaban J connectivity index is 1.34. The van der Waals surface area contributed by atoms with Crippen molar-refractivity contribution in [2.75, 3.05) is 5.32 Å². The molecule has 1 aromatic carbocycles. The number of benzene rings is 1. The molecule has 3 aromatic rings. The van der Waals surface area contributed by atoms with Gasteiger partial charge in [-0.25, -0.2) is 9.78 Å². The van der Waals surface area contributed by atoms with E-state index in [1.807, 2.05) is 50.2 Å². The standard InChI is InChI=1S/C29H31BrN4O3/c1-18(2)37-28(36)23(34-25-24(30)26(35)29(25)12-4-3-5-13-29)16-19-6-8-21(9-7-19)33-27-22-17-31-14-10-20(22)11-15-32-27/h6-11,14-15,17-18,23,34H,3-5,12-13,16H2,1-2H3,(H,32,33)/t23-/m0/s1. The number of carbonyl (C=O) groups is 2. The van der Waals surface area contributed by atoms with Gasteiger partial charge in [-0.05, 0) is 77.8 Å². The zero-order chi connectivity index (χ0) is 26.0. The number of carbonyl (C=O) groups excluding carboxylic acids is 2. The first-order chi connectivity index (χ1) is 17.9. The highest BCUT2D eigenvalue weighted by molar-refractivity contribution is 9.12. The fourth-order valence-electron chi connectivity index (χ4n) is 5.31. The molecule has 0 aliphatic heterocycles. The van der Waals surface area contributed by atoms with Crippen LogP contribution in [0, 0.1) is 5.41 Å². The van der Waals surface area contributed by atoms with E-state index in [0.29, 0.717) is 10.9 Å². The van der Waals surface area contributed by atoms with E-state index < -0.39 is 11.5 Å². The molecule has 5 rings (SSSR count). The van der Waals surface area contributed by atoms with Crippen molar-refractivity contribution in [2.24, 2.45) is 5.41 Å². The Hall–Kier alpha value is -3.26. The van der Waals surface area contributed by atoms with Crippen molar-refractivity contribution < 1.29 is 14.3 Å². The molecule has 0 saturated heterocycles. The number of ether oxygens (including phenoxy) is 1. The number of ketones is 1. The van der Waals surface area contributed by atoms with Crippen LogP contribution in [0.15, 0.2) is 65.2 Å². The average molecular weight is 563 g/mol. The van der Waals surface area contributed by atoms with Crippen LogP contribution in [-0.4, -0.2) is 33.9 Å². The summed E-state index contributed by atoms with van der Waals surface area (Å²) in [6.45, 7) is 3.69. The van der Waals surface area contributed by atoms with Gasteiger partial charge in [0.05, 0.1) is 16.0 Å². The molecule has 2 aliphatic carbocycles. The number of anilines is 2. The van der Waals surface area contributed by atoms with Crippen molar-refractivity contribution >= 4 is 50.0 Å². The molecule has 1 fully saturated rings.